The fourth-order valence-corrected chi connectivity index (χ4v) is 2.61. The van der Waals surface area contributed by atoms with Gasteiger partial charge >= 0.3 is 0 Å². The van der Waals surface area contributed by atoms with E-state index in [0.29, 0.717) is 5.75 Å². The largest absolute Gasteiger partial charge is 0.497 e. The number of carbonyl (C=O) groups excluding carboxylic acids is 1. The predicted molar refractivity (Wildman–Crippen MR) is 81.1 cm³/mol. The highest BCUT2D eigenvalue weighted by Gasteiger charge is 2.20. The molecule has 1 aromatic carbocycles. The molecule has 1 unspecified atom stereocenters. The van der Waals surface area contributed by atoms with E-state index in [1.54, 1.807) is 19.1 Å². The smallest absolute Gasteiger partial charge is 0.242 e. The summed E-state index contributed by atoms with van der Waals surface area (Å²) in [4.78, 5) is 12.2. The van der Waals surface area contributed by atoms with Gasteiger partial charge in [-0.1, -0.05) is 19.3 Å². The van der Waals surface area contributed by atoms with Crippen LogP contribution in [0.2, 0.25) is 0 Å². The Morgan fingerprint density at radius 1 is 1.33 bits per heavy atom. The number of halogens is 1. The van der Waals surface area contributed by atoms with Crippen molar-refractivity contribution < 1.29 is 13.9 Å². The Kier molecular flexibility index (Phi) is 5.42. The van der Waals surface area contributed by atoms with Gasteiger partial charge in [-0.15, -0.1) is 0 Å². The van der Waals surface area contributed by atoms with Crippen molar-refractivity contribution in [1.82, 2.24) is 5.32 Å². The predicted octanol–water partition coefficient (Wildman–Crippen LogP) is 3.08. The van der Waals surface area contributed by atoms with Crippen LogP contribution in [0.25, 0.3) is 0 Å². The molecular formula is C16H23FN2O2. The number of anilines is 1. The maximum absolute atomic E-state index is 13.7. The summed E-state index contributed by atoms with van der Waals surface area (Å²) in [6.07, 6.45) is 5.64. The van der Waals surface area contributed by atoms with Gasteiger partial charge in [0.15, 0.2) is 0 Å². The number of rotatable bonds is 5. The summed E-state index contributed by atoms with van der Waals surface area (Å²) in [5.41, 5.74) is 0.278. The molecule has 0 aliphatic heterocycles. The molecule has 1 saturated carbocycles. The molecule has 1 aliphatic rings. The highest BCUT2D eigenvalue weighted by molar-refractivity contribution is 5.84. The molecule has 5 heteroatoms. The summed E-state index contributed by atoms with van der Waals surface area (Å²) in [6, 6.07) is 4.19. The third-order valence-electron chi connectivity index (χ3n) is 3.89. The monoisotopic (exact) mass is 294 g/mol. The molecule has 0 aromatic heterocycles. The first-order valence-corrected chi connectivity index (χ1v) is 7.50. The average Bonchev–Trinajstić information content (AvgIpc) is 2.50. The molecule has 4 nitrogen and oxygen atoms in total. The number of nitrogens with one attached hydrogen (secondary N) is 2. The van der Waals surface area contributed by atoms with Crippen molar-refractivity contribution >= 4 is 11.6 Å². The molecule has 0 radical (unpaired) electrons. The molecule has 1 aliphatic carbocycles. The summed E-state index contributed by atoms with van der Waals surface area (Å²) in [5, 5.41) is 5.94. The number of hydrogen-bond donors (Lipinski definition) is 2. The Morgan fingerprint density at radius 3 is 2.71 bits per heavy atom. The Hall–Kier alpha value is -1.78. The fourth-order valence-electron chi connectivity index (χ4n) is 2.61. The minimum Gasteiger partial charge on any atom is -0.497 e. The molecular weight excluding hydrogens is 271 g/mol. The van der Waals surface area contributed by atoms with Crippen LogP contribution in [0.15, 0.2) is 18.2 Å². The van der Waals surface area contributed by atoms with Gasteiger partial charge in [0.1, 0.15) is 17.6 Å². The van der Waals surface area contributed by atoms with Crippen LogP contribution >= 0.6 is 0 Å². The van der Waals surface area contributed by atoms with Crippen molar-refractivity contribution in [3.63, 3.8) is 0 Å². The normalized spacial score (nSPS) is 17.1. The van der Waals surface area contributed by atoms with Crippen molar-refractivity contribution in [3.8, 4) is 5.75 Å². The second-order valence-electron chi connectivity index (χ2n) is 5.56. The van der Waals surface area contributed by atoms with Crippen molar-refractivity contribution in [1.29, 1.82) is 0 Å². The van der Waals surface area contributed by atoms with Gasteiger partial charge in [0.2, 0.25) is 5.91 Å². The Balaban J connectivity index is 1.93. The van der Waals surface area contributed by atoms with Gasteiger partial charge in [-0.3, -0.25) is 4.79 Å². The van der Waals surface area contributed by atoms with Crippen LogP contribution in [0.1, 0.15) is 39.0 Å². The number of hydrogen-bond acceptors (Lipinski definition) is 3. The molecule has 0 bridgehead atoms. The number of methoxy groups -OCH3 is 1. The zero-order chi connectivity index (χ0) is 15.2. The second kappa shape index (κ2) is 7.29. The highest BCUT2D eigenvalue weighted by atomic mass is 19.1. The van der Waals surface area contributed by atoms with E-state index in [2.05, 4.69) is 10.6 Å². The van der Waals surface area contributed by atoms with E-state index < -0.39 is 11.9 Å². The molecule has 21 heavy (non-hydrogen) atoms. The SMILES string of the molecule is COc1ccc(F)c(NC(C)C(=O)NC2CCCCC2)c1. The lowest BCUT2D eigenvalue weighted by atomic mass is 9.95. The van der Waals surface area contributed by atoms with Gasteiger partial charge < -0.3 is 15.4 Å². The lowest BCUT2D eigenvalue weighted by Gasteiger charge is -2.25. The van der Waals surface area contributed by atoms with E-state index >= 15 is 0 Å². The van der Waals surface area contributed by atoms with Crippen LogP contribution in [0.3, 0.4) is 0 Å². The topological polar surface area (TPSA) is 50.4 Å². The zero-order valence-electron chi connectivity index (χ0n) is 12.6. The minimum atomic E-state index is -0.492. The van der Waals surface area contributed by atoms with Gasteiger partial charge in [0.05, 0.1) is 12.8 Å². The molecule has 0 spiro atoms. The molecule has 0 saturated heterocycles. The Labute approximate surface area is 125 Å². The van der Waals surface area contributed by atoms with Crippen LogP contribution in [-0.4, -0.2) is 25.1 Å². The number of amides is 1. The molecule has 116 valence electrons. The molecule has 1 aromatic rings. The van der Waals surface area contributed by atoms with Crippen LogP contribution in [-0.2, 0) is 4.79 Å². The van der Waals surface area contributed by atoms with Crippen LogP contribution in [0.5, 0.6) is 5.75 Å². The van der Waals surface area contributed by atoms with Crippen molar-refractivity contribution in [3.05, 3.63) is 24.0 Å². The van der Waals surface area contributed by atoms with Gasteiger partial charge in [0, 0.05) is 12.1 Å². The summed E-state index contributed by atoms with van der Waals surface area (Å²) in [5.74, 6) is 0.0658. The van der Waals surface area contributed by atoms with Crippen LogP contribution < -0.4 is 15.4 Å². The van der Waals surface area contributed by atoms with Crippen LogP contribution in [0, 0.1) is 5.82 Å². The zero-order valence-corrected chi connectivity index (χ0v) is 12.6. The number of ether oxygens (including phenoxy) is 1. The van der Waals surface area contributed by atoms with E-state index in [-0.39, 0.29) is 17.6 Å². The van der Waals surface area contributed by atoms with Gasteiger partial charge in [-0.25, -0.2) is 4.39 Å². The third kappa shape index (κ3) is 4.34. The standard InChI is InChI=1S/C16H23FN2O2/c1-11(16(20)19-12-6-4-3-5-7-12)18-15-10-13(21-2)8-9-14(15)17/h8-12,18H,3-7H2,1-2H3,(H,19,20). The number of benzene rings is 1. The maximum atomic E-state index is 13.7. The van der Waals surface area contributed by atoms with Crippen molar-refractivity contribution in [2.24, 2.45) is 0 Å². The van der Waals surface area contributed by atoms with Gasteiger partial charge in [0.25, 0.3) is 0 Å². The van der Waals surface area contributed by atoms with E-state index in [0.717, 1.165) is 25.7 Å². The first kappa shape index (κ1) is 15.6. The van der Waals surface area contributed by atoms with E-state index in [4.69, 9.17) is 4.74 Å². The summed E-state index contributed by atoms with van der Waals surface area (Å²) < 4.78 is 18.8. The first-order chi connectivity index (χ1) is 10.1. The minimum absolute atomic E-state index is 0.0934. The molecule has 2 N–H and O–H groups in total. The third-order valence-corrected chi connectivity index (χ3v) is 3.89. The summed E-state index contributed by atoms with van der Waals surface area (Å²) in [6.45, 7) is 1.73. The Bertz CT molecular complexity index is 487. The van der Waals surface area contributed by atoms with Gasteiger partial charge in [-0.2, -0.15) is 0 Å². The molecule has 2 rings (SSSR count). The highest BCUT2D eigenvalue weighted by Crippen LogP contribution is 2.22. The Morgan fingerprint density at radius 2 is 2.05 bits per heavy atom. The summed E-state index contributed by atoms with van der Waals surface area (Å²) in [7, 11) is 1.52. The lowest BCUT2D eigenvalue weighted by molar-refractivity contribution is -0.122. The van der Waals surface area contributed by atoms with Crippen LogP contribution in [0.4, 0.5) is 10.1 Å². The van der Waals surface area contributed by atoms with E-state index in [9.17, 15) is 9.18 Å². The quantitative estimate of drug-likeness (QED) is 0.877. The van der Waals surface area contributed by atoms with Crippen molar-refractivity contribution in [2.75, 3.05) is 12.4 Å². The average molecular weight is 294 g/mol. The number of carbonyl (C=O) groups is 1. The summed E-state index contributed by atoms with van der Waals surface area (Å²) >= 11 is 0. The maximum Gasteiger partial charge on any atom is 0.242 e. The van der Waals surface area contributed by atoms with E-state index in [1.807, 2.05) is 0 Å². The lowest BCUT2D eigenvalue weighted by Crippen LogP contribution is -2.44. The molecule has 1 atom stereocenters. The molecule has 1 amide bonds. The molecule has 0 heterocycles. The van der Waals surface area contributed by atoms with Crippen molar-refractivity contribution in [2.45, 2.75) is 51.1 Å². The van der Waals surface area contributed by atoms with Gasteiger partial charge in [-0.05, 0) is 31.9 Å². The van der Waals surface area contributed by atoms with E-state index in [1.165, 1.54) is 19.6 Å². The first-order valence-electron chi connectivity index (χ1n) is 7.50. The second-order valence-corrected chi connectivity index (χ2v) is 5.56. The molecule has 1 fully saturated rings. The fraction of sp³-hybridized carbons (Fsp3) is 0.562.